The molecule has 0 saturated carbocycles. The summed E-state index contributed by atoms with van der Waals surface area (Å²) in [7, 11) is 0. The van der Waals surface area contributed by atoms with Crippen molar-refractivity contribution in [3.8, 4) is 0 Å². The quantitative estimate of drug-likeness (QED) is 0.545. The number of H-pyrrole nitrogens is 1. The van der Waals surface area contributed by atoms with Gasteiger partial charge in [0, 0.05) is 6.54 Å². The first-order valence-corrected chi connectivity index (χ1v) is 3.58. The van der Waals surface area contributed by atoms with E-state index in [0.717, 1.165) is 18.8 Å². The Labute approximate surface area is 63.9 Å². The first-order chi connectivity index (χ1) is 5.47. The molecule has 2 N–H and O–H groups in total. The highest BCUT2D eigenvalue weighted by Crippen LogP contribution is 2.13. The highest BCUT2D eigenvalue weighted by molar-refractivity contribution is 5.01. The molecule has 5 heteroatoms. The Kier molecular flexibility index (Phi) is 1.64. The van der Waals surface area contributed by atoms with Crippen LogP contribution < -0.4 is 5.32 Å². The van der Waals surface area contributed by atoms with Gasteiger partial charge in [-0.3, -0.25) is 0 Å². The van der Waals surface area contributed by atoms with Gasteiger partial charge in [-0.25, -0.2) is 0 Å². The van der Waals surface area contributed by atoms with E-state index in [0.29, 0.717) is 0 Å². The van der Waals surface area contributed by atoms with Gasteiger partial charge < -0.3 is 5.32 Å². The maximum atomic E-state index is 3.90. The zero-order valence-corrected chi connectivity index (χ0v) is 5.99. The van der Waals surface area contributed by atoms with Crippen LogP contribution in [0.3, 0.4) is 0 Å². The fourth-order valence-corrected chi connectivity index (χ4v) is 1.12. The van der Waals surface area contributed by atoms with Crippen LogP contribution >= 0.6 is 0 Å². The molecule has 0 saturated heterocycles. The van der Waals surface area contributed by atoms with Gasteiger partial charge in [0.15, 0.2) is 5.82 Å². The predicted octanol–water partition coefficient (Wildman–Crippen LogP) is -0.210. The smallest absolute Gasteiger partial charge is 0.191 e. The Hall–Kier alpha value is -1.23. The summed E-state index contributed by atoms with van der Waals surface area (Å²) in [5, 5.41) is 17.0. The van der Waals surface area contributed by atoms with Gasteiger partial charge >= 0.3 is 0 Å². The van der Waals surface area contributed by atoms with E-state index in [1.807, 2.05) is 0 Å². The molecule has 0 spiro atoms. The molecule has 58 valence electrons. The lowest BCUT2D eigenvalue weighted by atomic mass is 10.1. The number of nitrogens with zero attached hydrogens (tertiary/aromatic N) is 3. The zero-order chi connectivity index (χ0) is 7.52. The lowest BCUT2D eigenvalue weighted by Gasteiger charge is -2.14. The van der Waals surface area contributed by atoms with Gasteiger partial charge in [0.05, 0.1) is 6.04 Å². The minimum atomic E-state index is 0.235. The molecule has 2 rings (SSSR count). The standard InChI is InChI=1S/C6H9N5/c1-2-4-7-5(3-1)6-8-10-11-9-6/h1-2,5,7H,3-4H2,(H,8,9,10,11). The van der Waals surface area contributed by atoms with Crippen molar-refractivity contribution in [3.63, 3.8) is 0 Å². The Bertz CT molecular complexity index is 239. The normalized spacial score (nSPS) is 23.8. The number of hydrogen-bond donors (Lipinski definition) is 2. The van der Waals surface area contributed by atoms with Crippen LogP contribution in [-0.2, 0) is 0 Å². The molecule has 0 aromatic carbocycles. The maximum absolute atomic E-state index is 3.90. The molecule has 1 aliphatic heterocycles. The highest BCUT2D eigenvalue weighted by atomic mass is 15.5. The first kappa shape index (κ1) is 6.48. The van der Waals surface area contributed by atoms with Gasteiger partial charge in [0.1, 0.15) is 0 Å². The molecule has 1 aromatic rings. The molecule has 1 aliphatic rings. The Morgan fingerprint density at radius 1 is 1.45 bits per heavy atom. The van der Waals surface area contributed by atoms with Gasteiger partial charge in [-0.1, -0.05) is 17.4 Å². The zero-order valence-electron chi connectivity index (χ0n) is 5.99. The molecule has 11 heavy (non-hydrogen) atoms. The minimum Gasteiger partial charge on any atom is -0.303 e. The second kappa shape index (κ2) is 2.79. The molecular weight excluding hydrogens is 142 g/mol. The Morgan fingerprint density at radius 2 is 2.45 bits per heavy atom. The number of nitrogens with one attached hydrogen (secondary N) is 2. The summed E-state index contributed by atoms with van der Waals surface area (Å²) in [5.74, 6) is 0.745. The molecule has 2 heterocycles. The molecule has 0 amide bonds. The number of hydrogen-bond acceptors (Lipinski definition) is 4. The van der Waals surface area contributed by atoms with Crippen molar-refractivity contribution in [1.82, 2.24) is 25.9 Å². The highest BCUT2D eigenvalue weighted by Gasteiger charge is 2.14. The van der Waals surface area contributed by atoms with Crippen molar-refractivity contribution in [2.75, 3.05) is 6.54 Å². The largest absolute Gasteiger partial charge is 0.303 e. The van der Waals surface area contributed by atoms with Crippen molar-refractivity contribution >= 4 is 0 Å². The van der Waals surface area contributed by atoms with E-state index in [4.69, 9.17) is 0 Å². The van der Waals surface area contributed by atoms with Crippen LogP contribution in [0, 0.1) is 0 Å². The van der Waals surface area contributed by atoms with E-state index in [1.165, 1.54) is 0 Å². The molecule has 1 unspecified atom stereocenters. The van der Waals surface area contributed by atoms with E-state index in [-0.39, 0.29) is 6.04 Å². The fourth-order valence-electron chi connectivity index (χ4n) is 1.12. The molecular formula is C6H9N5. The van der Waals surface area contributed by atoms with Gasteiger partial charge in [-0.05, 0) is 6.42 Å². The van der Waals surface area contributed by atoms with E-state index >= 15 is 0 Å². The lowest BCUT2D eigenvalue weighted by molar-refractivity contribution is 0.526. The molecule has 0 aliphatic carbocycles. The van der Waals surface area contributed by atoms with E-state index in [1.54, 1.807) is 0 Å². The predicted molar refractivity (Wildman–Crippen MR) is 38.7 cm³/mol. The summed E-state index contributed by atoms with van der Waals surface area (Å²) in [5.41, 5.74) is 0. The van der Waals surface area contributed by atoms with E-state index < -0.39 is 0 Å². The molecule has 0 bridgehead atoms. The van der Waals surface area contributed by atoms with Crippen LogP contribution in [0.4, 0.5) is 0 Å². The van der Waals surface area contributed by atoms with Crippen LogP contribution in [0.1, 0.15) is 18.3 Å². The number of aromatic amines is 1. The third-order valence-electron chi connectivity index (χ3n) is 1.69. The van der Waals surface area contributed by atoms with Crippen LogP contribution in [-0.4, -0.2) is 27.2 Å². The summed E-state index contributed by atoms with van der Waals surface area (Å²) in [6.07, 6.45) is 5.16. The summed E-state index contributed by atoms with van der Waals surface area (Å²) >= 11 is 0. The molecule has 1 atom stereocenters. The van der Waals surface area contributed by atoms with Gasteiger partial charge in [-0.2, -0.15) is 5.21 Å². The second-order valence-corrected chi connectivity index (χ2v) is 2.44. The van der Waals surface area contributed by atoms with Crippen molar-refractivity contribution in [1.29, 1.82) is 0 Å². The Balaban J connectivity index is 2.11. The van der Waals surface area contributed by atoms with Crippen molar-refractivity contribution in [2.24, 2.45) is 0 Å². The Morgan fingerprint density at radius 3 is 3.09 bits per heavy atom. The molecule has 0 fully saturated rings. The van der Waals surface area contributed by atoms with Gasteiger partial charge in [-0.15, -0.1) is 10.2 Å². The second-order valence-electron chi connectivity index (χ2n) is 2.44. The van der Waals surface area contributed by atoms with E-state index in [2.05, 4.69) is 38.1 Å². The van der Waals surface area contributed by atoms with Crippen LogP contribution in [0.2, 0.25) is 0 Å². The summed E-state index contributed by atoms with van der Waals surface area (Å²) in [4.78, 5) is 0. The minimum absolute atomic E-state index is 0.235. The van der Waals surface area contributed by atoms with Gasteiger partial charge in [0.25, 0.3) is 0 Å². The number of tetrazole rings is 1. The third kappa shape index (κ3) is 1.27. The first-order valence-electron chi connectivity index (χ1n) is 3.58. The van der Waals surface area contributed by atoms with Crippen molar-refractivity contribution in [2.45, 2.75) is 12.5 Å². The topological polar surface area (TPSA) is 66.5 Å². The average molecular weight is 151 g/mol. The van der Waals surface area contributed by atoms with Crippen LogP contribution in [0.5, 0.6) is 0 Å². The summed E-state index contributed by atoms with van der Waals surface area (Å²) in [6.45, 7) is 0.888. The average Bonchev–Trinajstić information content (AvgIpc) is 2.58. The SMILES string of the molecule is C1=CCC(c2nn[nH]n2)NC1. The van der Waals surface area contributed by atoms with Crippen LogP contribution in [0.25, 0.3) is 0 Å². The summed E-state index contributed by atoms with van der Waals surface area (Å²) in [6, 6.07) is 0.235. The molecule has 5 nitrogen and oxygen atoms in total. The molecule has 1 aromatic heterocycles. The summed E-state index contributed by atoms with van der Waals surface area (Å²) < 4.78 is 0. The van der Waals surface area contributed by atoms with E-state index in [9.17, 15) is 0 Å². The monoisotopic (exact) mass is 151 g/mol. The molecule has 0 radical (unpaired) electrons. The van der Waals surface area contributed by atoms with Gasteiger partial charge in [0.2, 0.25) is 0 Å². The number of aromatic nitrogens is 4. The lowest BCUT2D eigenvalue weighted by Crippen LogP contribution is -2.24. The van der Waals surface area contributed by atoms with Crippen LogP contribution in [0.15, 0.2) is 12.2 Å². The number of rotatable bonds is 1. The maximum Gasteiger partial charge on any atom is 0.191 e. The fraction of sp³-hybridized carbons (Fsp3) is 0.500. The van der Waals surface area contributed by atoms with Crippen molar-refractivity contribution < 1.29 is 0 Å². The third-order valence-corrected chi connectivity index (χ3v) is 1.69. The van der Waals surface area contributed by atoms with Crippen molar-refractivity contribution in [3.05, 3.63) is 18.0 Å².